The molecule has 1 heterocycles. The van der Waals surface area contributed by atoms with Gasteiger partial charge in [-0.05, 0) is 53.0 Å². The van der Waals surface area contributed by atoms with Crippen LogP contribution in [0.25, 0.3) is 22.5 Å². The second-order valence-electron chi connectivity index (χ2n) is 9.17. The number of nitrogens with zero attached hydrogens (tertiary/aromatic N) is 2. The number of halogens is 2. The molecule has 0 radical (unpaired) electrons. The van der Waals surface area contributed by atoms with Crippen LogP contribution in [0.15, 0.2) is 109 Å². The lowest BCUT2D eigenvalue weighted by atomic mass is 9.97. The lowest BCUT2D eigenvalue weighted by molar-refractivity contribution is 0.304. The Morgan fingerprint density at radius 1 is 0.872 bits per heavy atom. The average Bonchev–Trinajstić information content (AvgIpc) is 3.31. The first kappa shape index (κ1) is 26.7. The number of hydrogen-bond acceptors (Lipinski definition) is 4. The average molecular weight is 640 g/mol. The smallest absolute Gasteiger partial charge is 0.238 e. The zero-order chi connectivity index (χ0) is 27.4. The lowest BCUT2D eigenvalue weighted by Gasteiger charge is -2.12. The molecule has 0 aliphatic rings. The predicted molar refractivity (Wildman–Crippen MR) is 164 cm³/mol. The van der Waals surface area contributed by atoms with Gasteiger partial charge in [-0.15, -0.1) is 0 Å². The maximum Gasteiger partial charge on any atom is 0.238 e. The Balaban J connectivity index is 1.59. The molecule has 0 spiro atoms. The van der Waals surface area contributed by atoms with Crippen molar-refractivity contribution in [3.63, 3.8) is 0 Å². The van der Waals surface area contributed by atoms with Crippen molar-refractivity contribution >= 4 is 44.0 Å². The Labute approximate surface area is 244 Å². The van der Waals surface area contributed by atoms with Crippen LogP contribution in [-0.4, -0.2) is 6.21 Å². The van der Waals surface area contributed by atoms with Gasteiger partial charge in [0.25, 0.3) is 0 Å². The molecule has 5 aromatic rings. The molecule has 0 amide bonds. The molecule has 39 heavy (non-hydrogen) atoms. The Kier molecular flexibility index (Phi) is 8.11. The zero-order valence-corrected chi connectivity index (χ0v) is 24.6. The van der Waals surface area contributed by atoms with Crippen LogP contribution in [0.2, 0.25) is 0 Å². The molecule has 0 unspecified atom stereocenters. The van der Waals surface area contributed by atoms with Crippen LogP contribution in [0.1, 0.15) is 27.8 Å². The summed E-state index contributed by atoms with van der Waals surface area (Å²) in [7, 11) is 0. The molecule has 1 aromatic heterocycles. The minimum atomic E-state index is 0.244. The van der Waals surface area contributed by atoms with Gasteiger partial charge in [-0.1, -0.05) is 106 Å². The van der Waals surface area contributed by atoms with Gasteiger partial charge in [0.2, 0.25) is 5.88 Å². The number of benzene rings is 4. The molecule has 0 fully saturated rings. The minimum absolute atomic E-state index is 0.244. The van der Waals surface area contributed by atoms with E-state index in [1.54, 1.807) is 6.21 Å². The summed E-state index contributed by atoms with van der Waals surface area (Å²) in [5.41, 5.74) is 6.96. The number of aliphatic imine (C=N–C) groups is 1. The molecule has 0 saturated heterocycles. The molecule has 4 nitrogen and oxygen atoms in total. The van der Waals surface area contributed by atoms with Gasteiger partial charge >= 0.3 is 0 Å². The first-order valence-corrected chi connectivity index (χ1v) is 13.9. The molecule has 5 rings (SSSR count). The van der Waals surface area contributed by atoms with E-state index in [-0.39, 0.29) is 5.88 Å². The molecule has 0 saturated carbocycles. The summed E-state index contributed by atoms with van der Waals surface area (Å²) < 4.78 is 14.2. The Bertz CT molecular complexity index is 1680. The van der Waals surface area contributed by atoms with Crippen molar-refractivity contribution in [2.24, 2.45) is 4.99 Å². The van der Waals surface area contributed by atoms with Crippen molar-refractivity contribution in [2.75, 3.05) is 0 Å². The molecule has 0 aliphatic heterocycles. The highest BCUT2D eigenvalue weighted by Crippen LogP contribution is 2.43. The highest BCUT2D eigenvalue weighted by molar-refractivity contribution is 9.11. The largest absolute Gasteiger partial charge is 0.487 e. The van der Waals surface area contributed by atoms with Crippen molar-refractivity contribution in [1.29, 1.82) is 5.26 Å². The number of hydrogen-bond donors (Lipinski definition) is 0. The highest BCUT2D eigenvalue weighted by Gasteiger charge is 2.23. The van der Waals surface area contributed by atoms with Crippen LogP contribution in [-0.2, 0) is 6.61 Å². The molecule has 0 atom stereocenters. The van der Waals surface area contributed by atoms with Gasteiger partial charge < -0.3 is 9.15 Å². The van der Waals surface area contributed by atoms with Gasteiger partial charge in [-0.3, -0.25) is 0 Å². The number of nitriles is 1. The monoisotopic (exact) mass is 638 g/mol. The van der Waals surface area contributed by atoms with Gasteiger partial charge in [0.1, 0.15) is 29.7 Å². The fourth-order valence-electron chi connectivity index (χ4n) is 4.20. The molecule has 0 N–H and O–H groups in total. The van der Waals surface area contributed by atoms with Crippen molar-refractivity contribution in [3.05, 3.63) is 128 Å². The highest BCUT2D eigenvalue weighted by atomic mass is 79.9. The molecule has 192 valence electrons. The standard InChI is InChI=1S/C33H24Br2N2O2/c1-21-8-12-24(13-9-21)30-28(18-36)33(39-32(30)25-14-10-22(2)11-15-25)37-19-26-16-27(34)17-29(35)31(26)38-20-23-6-4-3-5-7-23/h3-17,19H,20H2,1-2H3. The van der Waals surface area contributed by atoms with Gasteiger partial charge in [0, 0.05) is 27.4 Å². The van der Waals surface area contributed by atoms with Crippen LogP contribution in [0.3, 0.4) is 0 Å². The number of ether oxygens (including phenoxy) is 1. The maximum atomic E-state index is 10.2. The van der Waals surface area contributed by atoms with Gasteiger partial charge in [0.05, 0.1) is 4.47 Å². The summed E-state index contributed by atoms with van der Waals surface area (Å²) in [6, 6.07) is 32.3. The summed E-state index contributed by atoms with van der Waals surface area (Å²) in [4.78, 5) is 4.68. The Morgan fingerprint density at radius 2 is 1.51 bits per heavy atom. The first-order chi connectivity index (χ1) is 18.9. The molecule has 0 bridgehead atoms. The van der Waals surface area contributed by atoms with Crippen LogP contribution in [0, 0.1) is 25.2 Å². The summed E-state index contributed by atoms with van der Waals surface area (Å²) >= 11 is 7.19. The van der Waals surface area contributed by atoms with E-state index in [0.29, 0.717) is 23.7 Å². The summed E-state index contributed by atoms with van der Waals surface area (Å²) in [5.74, 6) is 1.50. The molecule has 0 aliphatic carbocycles. The number of aryl methyl sites for hydroxylation is 2. The normalized spacial score (nSPS) is 11.1. The Hall–Kier alpha value is -3.92. The third-order valence-electron chi connectivity index (χ3n) is 6.24. The summed E-state index contributed by atoms with van der Waals surface area (Å²) in [5, 5.41) is 10.2. The second kappa shape index (κ2) is 11.9. The van der Waals surface area contributed by atoms with Crippen molar-refractivity contribution in [3.8, 4) is 34.3 Å². The van der Waals surface area contributed by atoms with Crippen LogP contribution < -0.4 is 4.74 Å². The first-order valence-electron chi connectivity index (χ1n) is 12.3. The van der Waals surface area contributed by atoms with Crippen molar-refractivity contribution in [2.45, 2.75) is 20.5 Å². The summed E-state index contributed by atoms with van der Waals surface area (Å²) in [6.45, 7) is 4.48. The fraction of sp³-hybridized carbons (Fsp3) is 0.0909. The topological polar surface area (TPSA) is 58.5 Å². The van der Waals surface area contributed by atoms with E-state index in [1.807, 2.05) is 105 Å². The minimum Gasteiger partial charge on any atom is -0.487 e. The number of rotatable bonds is 7. The van der Waals surface area contributed by atoms with Gasteiger partial charge in [-0.25, -0.2) is 4.99 Å². The van der Waals surface area contributed by atoms with Crippen molar-refractivity contribution < 1.29 is 9.15 Å². The van der Waals surface area contributed by atoms with E-state index in [4.69, 9.17) is 9.15 Å². The van der Waals surface area contributed by atoms with E-state index in [2.05, 4.69) is 42.9 Å². The van der Waals surface area contributed by atoms with Crippen molar-refractivity contribution in [1.82, 2.24) is 0 Å². The van der Waals surface area contributed by atoms with E-state index in [9.17, 15) is 5.26 Å². The maximum absolute atomic E-state index is 10.2. The van der Waals surface area contributed by atoms with E-state index < -0.39 is 0 Å². The lowest BCUT2D eigenvalue weighted by Crippen LogP contribution is -1.99. The van der Waals surface area contributed by atoms with Crippen LogP contribution >= 0.6 is 31.9 Å². The van der Waals surface area contributed by atoms with E-state index in [0.717, 1.165) is 47.9 Å². The molecular formula is C33H24Br2N2O2. The zero-order valence-electron chi connectivity index (χ0n) is 21.4. The third kappa shape index (κ3) is 6.06. The second-order valence-corrected chi connectivity index (χ2v) is 10.9. The van der Waals surface area contributed by atoms with E-state index in [1.165, 1.54) is 0 Å². The Morgan fingerprint density at radius 3 is 2.15 bits per heavy atom. The molecule has 6 heteroatoms. The van der Waals surface area contributed by atoms with Crippen LogP contribution in [0.4, 0.5) is 5.88 Å². The number of furan rings is 1. The SMILES string of the molecule is Cc1ccc(-c2oc(N=Cc3cc(Br)cc(Br)c3OCc3ccccc3)c(C#N)c2-c2ccc(C)cc2)cc1. The summed E-state index contributed by atoms with van der Waals surface area (Å²) in [6.07, 6.45) is 1.67. The quantitative estimate of drug-likeness (QED) is 0.167. The third-order valence-corrected chi connectivity index (χ3v) is 7.29. The van der Waals surface area contributed by atoms with Crippen LogP contribution in [0.5, 0.6) is 5.75 Å². The molecular weight excluding hydrogens is 616 g/mol. The predicted octanol–water partition coefficient (Wildman–Crippen LogP) is 9.96. The van der Waals surface area contributed by atoms with Gasteiger partial charge in [0.15, 0.2) is 0 Å². The van der Waals surface area contributed by atoms with E-state index >= 15 is 0 Å². The fourth-order valence-corrected chi connectivity index (χ4v) is 5.58. The van der Waals surface area contributed by atoms with Gasteiger partial charge in [-0.2, -0.15) is 5.26 Å². The molecule has 4 aromatic carbocycles.